The van der Waals surface area contributed by atoms with Gasteiger partial charge in [0.1, 0.15) is 5.75 Å². The highest BCUT2D eigenvalue weighted by atomic mass is 16.5. The monoisotopic (exact) mass is 340 g/mol. The molecule has 1 amide bonds. The van der Waals surface area contributed by atoms with Gasteiger partial charge in [0.2, 0.25) is 0 Å². The Hall–Kier alpha value is -2.34. The summed E-state index contributed by atoms with van der Waals surface area (Å²) < 4.78 is 7.47. The number of aryl methyl sites for hydroxylation is 1. The Kier molecular flexibility index (Phi) is 4.44. The summed E-state index contributed by atoms with van der Waals surface area (Å²) in [7, 11) is 1.89. The maximum absolute atomic E-state index is 12.3. The average Bonchev–Trinajstić information content (AvgIpc) is 3.08. The van der Waals surface area contributed by atoms with Crippen LogP contribution in [-0.2, 0) is 11.8 Å². The minimum atomic E-state index is -0.0365. The lowest BCUT2D eigenvalue weighted by atomic mass is 9.84. The van der Waals surface area contributed by atoms with E-state index in [0.717, 1.165) is 17.7 Å². The Morgan fingerprint density at radius 2 is 2.16 bits per heavy atom. The maximum atomic E-state index is 12.3. The Morgan fingerprint density at radius 3 is 2.84 bits per heavy atom. The van der Waals surface area contributed by atoms with Gasteiger partial charge in [-0.2, -0.15) is 5.10 Å². The first kappa shape index (κ1) is 16.1. The molecule has 1 N–H and O–H groups in total. The van der Waals surface area contributed by atoms with Crippen molar-refractivity contribution in [1.82, 2.24) is 20.0 Å². The largest absolute Gasteiger partial charge is 0.484 e. The summed E-state index contributed by atoms with van der Waals surface area (Å²) in [5, 5.41) is 7.34. The number of piperidine rings is 3. The molecular formula is C19H24N4O2. The number of hydrogen-bond acceptors (Lipinski definition) is 4. The third-order valence-electron chi connectivity index (χ3n) is 5.24. The first-order valence-corrected chi connectivity index (χ1v) is 8.91. The Bertz CT molecular complexity index is 749. The van der Waals surface area contributed by atoms with E-state index in [2.05, 4.69) is 15.3 Å². The van der Waals surface area contributed by atoms with Gasteiger partial charge in [-0.05, 0) is 49.5 Å². The predicted molar refractivity (Wildman–Crippen MR) is 95.2 cm³/mol. The molecule has 4 heterocycles. The van der Waals surface area contributed by atoms with E-state index in [4.69, 9.17) is 4.74 Å². The van der Waals surface area contributed by atoms with Crippen molar-refractivity contribution in [1.29, 1.82) is 0 Å². The van der Waals surface area contributed by atoms with Gasteiger partial charge in [-0.3, -0.25) is 9.48 Å². The molecule has 3 saturated heterocycles. The topological polar surface area (TPSA) is 59.4 Å². The van der Waals surface area contributed by atoms with Gasteiger partial charge in [0.05, 0.1) is 6.20 Å². The minimum absolute atomic E-state index is 0.0365. The third kappa shape index (κ3) is 3.69. The Labute approximate surface area is 147 Å². The molecule has 1 atom stereocenters. The highest BCUT2D eigenvalue weighted by Crippen LogP contribution is 2.27. The van der Waals surface area contributed by atoms with Crippen LogP contribution in [0.5, 0.6) is 5.75 Å². The van der Waals surface area contributed by atoms with Crippen molar-refractivity contribution in [2.75, 3.05) is 26.2 Å². The van der Waals surface area contributed by atoms with Crippen molar-refractivity contribution >= 4 is 5.91 Å². The smallest absolute Gasteiger partial charge is 0.258 e. The average molecular weight is 340 g/mol. The zero-order valence-electron chi connectivity index (χ0n) is 14.5. The number of nitrogens with one attached hydrogen (secondary N) is 1. The van der Waals surface area contributed by atoms with Crippen LogP contribution in [0.3, 0.4) is 0 Å². The van der Waals surface area contributed by atoms with Gasteiger partial charge in [-0.1, -0.05) is 12.1 Å². The van der Waals surface area contributed by atoms with Gasteiger partial charge in [0.25, 0.3) is 5.91 Å². The molecule has 0 unspecified atom stereocenters. The highest BCUT2D eigenvalue weighted by Gasteiger charge is 2.34. The number of hydrogen-bond donors (Lipinski definition) is 1. The van der Waals surface area contributed by atoms with Gasteiger partial charge in [0, 0.05) is 31.4 Å². The lowest BCUT2D eigenvalue weighted by molar-refractivity contribution is -0.125. The van der Waals surface area contributed by atoms with Crippen LogP contribution >= 0.6 is 0 Å². The van der Waals surface area contributed by atoms with E-state index >= 15 is 0 Å². The normalized spacial score (nSPS) is 24.9. The second-order valence-corrected chi connectivity index (χ2v) is 7.03. The van der Waals surface area contributed by atoms with E-state index in [1.807, 2.05) is 43.7 Å². The van der Waals surface area contributed by atoms with Crippen molar-refractivity contribution in [3.05, 3.63) is 36.7 Å². The van der Waals surface area contributed by atoms with E-state index < -0.39 is 0 Å². The van der Waals surface area contributed by atoms with Crippen LogP contribution in [0.15, 0.2) is 36.7 Å². The second kappa shape index (κ2) is 6.88. The Balaban J connectivity index is 1.33. The maximum Gasteiger partial charge on any atom is 0.258 e. The fourth-order valence-electron chi connectivity index (χ4n) is 3.86. The van der Waals surface area contributed by atoms with Crippen molar-refractivity contribution in [2.24, 2.45) is 13.0 Å². The quantitative estimate of drug-likeness (QED) is 0.900. The van der Waals surface area contributed by atoms with Gasteiger partial charge in [0.15, 0.2) is 6.61 Å². The molecule has 2 bridgehead atoms. The minimum Gasteiger partial charge on any atom is -0.484 e. The SMILES string of the molecule is Cn1cc(-c2cccc(OCC(=O)N[C@H]3CN4CCC3CC4)c2)cn1. The molecule has 0 spiro atoms. The summed E-state index contributed by atoms with van der Waals surface area (Å²) in [6.45, 7) is 3.38. The van der Waals surface area contributed by atoms with E-state index in [9.17, 15) is 4.79 Å². The zero-order chi connectivity index (χ0) is 17.2. The number of ether oxygens (including phenoxy) is 1. The van der Waals surface area contributed by atoms with Crippen LogP contribution in [0.2, 0.25) is 0 Å². The van der Waals surface area contributed by atoms with Crippen LogP contribution in [-0.4, -0.2) is 52.9 Å². The molecule has 25 heavy (non-hydrogen) atoms. The van der Waals surface area contributed by atoms with Crippen LogP contribution in [0.25, 0.3) is 11.1 Å². The molecular weight excluding hydrogens is 316 g/mol. The summed E-state index contributed by atoms with van der Waals surface area (Å²) >= 11 is 0. The lowest BCUT2D eigenvalue weighted by Crippen LogP contribution is -2.57. The fraction of sp³-hybridized carbons (Fsp3) is 0.474. The molecule has 0 radical (unpaired) electrons. The predicted octanol–water partition coefficient (Wildman–Crippen LogP) is 1.68. The molecule has 132 valence electrons. The fourth-order valence-corrected chi connectivity index (χ4v) is 3.86. The number of fused-ring (bicyclic) bond motifs is 3. The number of carbonyl (C=O) groups excluding carboxylic acids is 1. The zero-order valence-corrected chi connectivity index (χ0v) is 14.5. The van der Waals surface area contributed by atoms with Crippen LogP contribution in [0.1, 0.15) is 12.8 Å². The van der Waals surface area contributed by atoms with Gasteiger partial charge in [-0.25, -0.2) is 0 Å². The number of amides is 1. The standard InChI is InChI=1S/C19H24N4O2/c1-22-11-16(10-20-22)15-3-2-4-17(9-15)25-13-19(24)21-18-12-23-7-5-14(18)6-8-23/h2-4,9-11,14,18H,5-8,12-13H2,1H3,(H,21,24)/t18-/m0/s1. The lowest BCUT2D eigenvalue weighted by Gasteiger charge is -2.44. The second-order valence-electron chi connectivity index (χ2n) is 7.03. The van der Waals surface area contributed by atoms with Crippen molar-refractivity contribution in [3.8, 4) is 16.9 Å². The molecule has 0 aliphatic carbocycles. The Morgan fingerprint density at radius 1 is 1.32 bits per heavy atom. The molecule has 6 nitrogen and oxygen atoms in total. The van der Waals surface area contributed by atoms with Crippen LogP contribution < -0.4 is 10.1 Å². The molecule has 1 aromatic heterocycles. The molecule has 3 aliphatic rings. The number of rotatable bonds is 5. The molecule has 3 aliphatic heterocycles. The van der Waals surface area contributed by atoms with Crippen molar-refractivity contribution < 1.29 is 9.53 Å². The molecule has 3 fully saturated rings. The highest BCUT2D eigenvalue weighted by molar-refractivity contribution is 5.78. The summed E-state index contributed by atoms with van der Waals surface area (Å²) in [5.41, 5.74) is 2.06. The summed E-state index contributed by atoms with van der Waals surface area (Å²) in [6.07, 6.45) is 6.16. The van der Waals surface area contributed by atoms with E-state index in [0.29, 0.717) is 11.7 Å². The summed E-state index contributed by atoms with van der Waals surface area (Å²) in [6, 6.07) is 8.04. The van der Waals surface area contributed by atoms with Gasteiger partial charge >= 0.3 is 0 Å². The number of aromatic nitrogens is 2. The number of benzene rings is 1. The van der Waals surface area contributed by atoms with Crippen LogP contribution in [0, 0.1) is 5.92 Å². The van der Waals surface area contributed by atoms with Crippen LogP contribution in [0.4, 0.5) is 0 Å². The van der Waals surface area contributed by atoms with Gasteiger partial charge in [-0.15, -0.1) is 0 Å². The number of carbonyl (C=O) groups is 1. The molecule has 0 saturated carbocycles. The van der Waals surface area contributed by atoms with E-state index in [-0.39, 0.29) is 18.6 Å². The number of nitrogens with zero attached hydrogens (tertiary/aromatic N) is 3. The molecule has 5 rings (SSSR count). The van der Waals surface area contributed by atoms with Gasteiger partial charge < -0.3 is 15.0 Å². The van der Waals surface area contributed by atoms with Crippen molar-refractivity contribution in [3.63, 3.8) is 0 Å². The first-order chi connectivity index (χ1) is 12.2. The van der Waals surface area contributed by atoms with Crippen molar-refractivity contribution in [2.45, 2.75) is 18.9 Å². The van der Waals surface area contributed by atoms with E-state index in [1.54, 1.807) is 4.68 Å². The summed E-state index contributed by atoms with van der Waals surface area (Å²) in [5.74, 6) is 1.29. The molecule has 6 heteroatoms. The summed E-state index contributed by atoms with van der Waals surface area (Å²) in [4.78, 5) is 14.7. The third-order valence-corrected chi connectivity index (χ3v) is 5.24. The van der Waals surface area contributed by atoms with E-state index in [1.165, 1.54) is 25.9 Å². The molecule has 2 aromatic rings. The molecule has 1 aromatic carbocycles. The first-order valence-electron chi connectivity index (χ1n) is 8.91.